The van der Waals surface area contributed by atoms with Gasteiger partial charge in [0.2, 0.25) is 0 Å². The van der Waals surface area contributed by atoms with E-state index >= 15 is 0 Å². The lowest BCUT2D eigenvalue weighted by atomic mass is 10.2. The molecule has 7 nitrogen and oxygen atoms in total. The molecule has 1 aromatic carbocycles. The van der Waals surface area contributed by atoms with Crippen molar-refractivity contribution in [3.8, 4) is 17.2 Å². The van der Waals surface area contributed by atoms with E-state index in [9.17, 15) is 9.59 Å². The summed E-state index contributed by atoms with van der Waals surface area (Å²) in [5, 5.41) is 5.00. The number of ether oxygens (including phenoxy) is 2. The number of rotatable bonds is 6. The van der Waals surface area contributed by atoms with Gasteiger partial charge in [0.1, 0.15) is 17.2 Å². The Balaban J connectivity index is 1.90. The normalized spacial score (nSPS) is 10.6. The van der Waals surface area contributed by atoms with Gasteiger partial charge in [-0.05, 0) is 32.0 Å². The fourth-order valence-corrected chi connectivity index (χ4v) is 2.70. The van der Waals surface area contributed by atoms with E-state index in [0.717, 1.165) is 0 Å². The summed E-state index contributed by atoms with van der Waals surface area (Å²) in [4.78, 5) is 30.5. The van der Waals surface area contributed by atoms with Crippen LogP contribution in [-0.2, 0) is 0 Å². The molecule has 8 heteroatoms. The lowest BCUT2D eigenvalue weighted by Crippen LogP contribution is -2.13. The van der Waals surface area contributed by atoms with Gasteiger partial charge in [0.25, 0.3) is 11.5 Å². The van der Waals surface area contributed by atoms with Gasteiger partial charge in [0, 0.05) is 35.5 Å². The summed E-state index contributed by atoms with van der Waals surface area (Å²) in [6.45, 7) is 3.78. The van der Waals surface area contributed by atoms with E-state index in [2.05, 4.69) is 15.3 Å². The molecule has 0 fully saturated rings. The average molecular weight is 371 g/mol. The number of aromatic nitrogens is 2. The third-order valence-corrected chi connectivity index (χ3v) is 3.84. The van der Waals surface area contributed by atoms with Crippen molar-refractivity contribution in [3.05, 3.63) is 64.0 Å². The van der Waals surface area contributed by atoms with Crippen LogP contribution in [0.4, 0.5) is 5.13 Å². The van der Waals surface area contributed by atoms with E-state index < -0.39 is 0 Å². The first kappa shape index (κ1) is 17.7. The average Bonchev–Trinajstić information content (AvgIpc) is 3.07. The van der Waals surface area contributed by atoms with Gasteiger partial charge in [-0.25, -0.2) is 4.98 Å². The van der Waals surface area contributed by atoms with Gasteiger partial charge in [0.15, 0.2) is 5.13 Å². The molecule has 0 bridgehead atoms. The number of carbonyl (C=O) groups is 1. The highest BCUT2D eigenvalue weighted by molar-refractivity contribution is 7.13. The van der Waals surface area contributed by atoms with E-state index in [0.29, 0.717) is 27.9 Å². The minimum absolute atomic E-state index is 0.0697. The molecule has 26 heavy (non-hydrogen) atoms. The number of thiazole rings is 1. The summed E-state index contributed by atoms with van der Waals surface area (Å²) in [5.41, 5.74) is 0.0806. The monoisotopic (exact) mass is 371 g/mol. The largest absolute Gasteiger partial charge is 0.491 e. The third-order valence-electron chi connectivity index (χ3n) is 3.15. The van der Waals surface area contributed by atoms with Crippen molar-refractivity contribution in [2.24, 2.45) is 0 Å². The van der Waals surface area contributed by atoms with Crippen molar-refractivity contribution < 1.29 is 14.3 Å². The minimum atomic E-state index is -0.329. The number of hydrogen-bond donors (Lipinski definition) is 2. The number of nitrogens with zero attached hydrogens (tertiary/aromatic N) is 1. The first-order chi connectivity index (χ1) is 12.5. The second kappa shape index (κ2) is 7.83. The molecule has 0 saturated heterocycles. The molecule has 2 aromatic heterocycles. The Morgan fingerprint density at radius 3 is 2.69 bits per heavy atom. The van der Waals surface area contributed by atoms with Gasteiger partial charge >= 0.3 is 0 Å². The second-order valence-electron chi connectivity index (χ2n) is 5.64. The minimum Gasteiger partial charge on any atom is -0.491 e. The van der Waals surface area contributed by atoms with Crippen LogP contribution in [0.15, 0.2) is 52.9 Å². The van der Waals surface area contributed by atoms with Gasteiger partial charge < -0.3 is 14.5 Å². The topological polar surface area (TPSA) is 93.3 Å². The molecule has 0 aliphatic rings. The van der Waals surface area contributed by atoms with Crippen molar-refractivity contribution in [1.82, 2.24) is 9.97 Å². The van der Waals surface area contributed by atoms with Crippen LogP contribution in [0.5, 0.6) is 17.2 Å². The number of hydrogen-bond acceptors (Lipinski definition) is 6. The van der Waals surface area contributed by atoms with Crippen LogP contribution in [0, 0.1) is 0 Å². The van der Waals surface area contributed by atoms with Crippen LogP contribution < -0.4 is 20.3 Å². The molecule has 2 N–H and O–H groups in total. The van der Waals surface area contributed by atoms with Crippen LogP contribution in [0.2, 0.25) is 0 Å². The predicted molar refractivity (Wildman–Crippen MR) is 99.4 cm³/mol. The number of benzene rings is 1. The van der Waals surface area contributed by atoms with E-state index in [1.54, 1.807) is 35.8 Å². The summed E-state index contributed by atoms with van der Waals surface area (Å²) in [6.07, 6.45) is 3.03. The lowest BCUT2D eigenvalue weighted by Gasteiger charge is -2.14. The molecule has 0 aliphatic carbocycles. The highest BCUT2D eigenvalue weighted by Gasteiger charge is 2.13. The van der Waals surface area contributed by atoms with Crippen LogP contribution >= 0.6 is 11.3 Å². The fourth-order valence-electron chi connectivity index (χ4n) is 2.18. The fraction of sp³-hybridized carbons (Fsp3) is 0.167. The van der Waals surface area contributed by atoms with Crippen LogP contribution in [-0.4, -0.2) is 22.0 Å². The molecular weight excluding hydrogens is 354 g/mol. The summed E-state index contributed by atoms with van der Waals surface area (Å²) in [5.74, 6) is 0.913. The zero-order valence-corrected chi connectivity index (χ0v) is 15.0. The Kier molecular flexibility index (Phi) is 5.33. The Morgan fingerprint density at radius 2 is 2.00 bits per heavy atom. The van der Waals surface area contributed by atoms with E-state index in [1.807, 2.05) is 13.8 Å². The molecule has 0 aliphatic heterocycles. The predicted octanol–water partition coefficient (Wildman–Crippen LogP) is 3.66. The van der Waals surface area contributed by atoms with Crippen LogP contribution in [0.3, 0.4) is 0 Å². The SMILES string of the molecule is CC(C)Oc1cc(Oc2cc[nH]c(=O)c2)cc(C(=O)Nc2nccs2)c1. The number of H-pyrrole nitrogens is 1. The Labute approximate surface area is 153 Å². The zero-order valence-electron chi connectivity index (χ0n) is 14.2. The third kappa shape index (κ3) is 4.70. The van der Waals surface area contributed by atoms with Gasteiger partial charge in [-0.1, -0.05) is 0 Å². The Morgan fingerprint density at radius 1 is 1.19 bits per heavy atom. The first-order valence-corrected chi connectivity index (χ1v) is 8.77. The van der Waals surface area contributed by atoms with Crippen molar-refractivity contribution >= 4 is 22.4 Å². The van der Waals surface area contributed by atoms with E-state index in [1.165, 1.54) is 23.6 Å². The molecule has 0 saturated carbocycles. The van der Waals surface area contributed by atoms with Crippen molar-refractivity contribution in [2.45, 2.75) is 20.0 Å². The summed E-state index contributed by atoms with van der Waals surface area (Å²) < 4.78 is 11.4. The Hall–Kier alpha value is -3.13. The van der Waals surface area contributed by atoms with Crippen LogP contribution in [0.1, 0.15) is 24.2 Å². The zero-order chi connectivity index (χ0) is 18.5. The maximum absolute atomic E-state index is 12.5. The molecule has 1 amide bonds. The summed E-state index contributed by atoms with van der Waals surface area (Å²) in [7, 11) is 0. The van der Waals surface area contributed by atoms with E-state index in [-0.39, 0.29) is 17.6 Å². The van der Waals surface area contributed by atoms with Gasteiger partial charge in [-0.15, -0.1) is 11.3 Å². The number of amides is 1. The van der Waals surface area contributed by atoms with Gasteiger partial charge in [-0.3, -0.25) is 14.9 Å². The molecule has 3 rings (SSSR count). The highest BCUT2D eigenvalue weighted by atomic mass is 32.1. The molecule has 3 aromatic rings. The molecule has 0 spiro atoms. The molecule has 134 valence electrons. The van der Waals surface area contributed by atoms with Gasteiger partial charge in [0.05, 0.1) is 6.10 Å². The quantitative estimate of drug-likeness (QED) is 0.690. The van der Waals surface area contributed by atoms with Gasteiger partial charge in [-0.2, -0.15) is 0 Å². The maximum Gasteiger partial charge on any atom is 0.257 e. The number of pyridine rings is 1. The highest BCUT2D eigenvalue weighted by Crippen LogP contribution is 2.28. The molecular formula is C18H17N3O4S. The van der Waals surface area contributed by atoms with Crippen LogP contribution in [0.25, 0.3) is 0 Å². The summed E-state index contributed by atoms with van der Waals surface area (Å²) >= 11 is 1.33. The number of nitrogens with one attached hydrogen (secondary N) is 2. The smallest absolute Gasteiger partial charge is 0.257 e. The standard InChI is InChI=1S/C18H17N3O4S/c1-11(2)24-14-7-12(17(23)21-18-20-5-6-26-18)8-15(9-14)25-13-3-4-19-16(22)10-13/h3-11H,1-2H3,(H,19,22)(H,20,21,23). The van der Waals surface area contributed by atoms with Crippen molar-refractivity contribution in [1.29, 1.82) is 0 Å². The van der Waals surface area contributed by atoms with E-state index in [4.69, 9.17) is 9.47 Å². The summed E-state index contributed by atoms with van der Waals surface area (Å²) in [6, 6.07) is 7.82. The Bertz CT molecular complexity index is 951. The van der Waals surface area contributed by atoms with Crippen molar-refractivity contribution in [2.75, 3.05) is 5.32 Å². The molecule has 2 heterocycles. The lowest BCUT2D eigenvalue weighted by molar-refractivity contribution is 0.102. The maximum atomic E-state index is 12.5. The second-order valence-corrected chi connectivity index (χ2v) is 6.54. The van der Waals surface area contributed by atoms with Crippen molar-refractivity contribution in [3.63, 3.8) is 0 Å². The number of aromatic amines is 1. The molecule has 0 atom stereocenters. The number of carbonyl (C=O) groups excluding carboxylic acids is 1. The number of anilines is 1. The first-order valence-electron chi connectivity index (χ1n) is 7.89. The molecule has 0 unspecified atom stereocenters. The molecule has 0 radical (unpaired) electrons.